The predicted molar refractivity (Wildman–Crippen MR) is 131 cm³/mol. The summed E-state index contributed by atoms with van der Waals surface area (Å²) in [5, 5.41) is 6.19. The van der Waals surface area contributed by atoms with Gasteiger partial charge in [-0.05, 0) is 42.0 Å². The van der Waals surface area contributed by atoms with E-state index in [0.717, 1.165) is 18.4 Å². The van der Waals surface area contributed by atoms with Crippen molar-refractivity contribution in [3.05, 3.63) is 111 Å². The molecule has 4 aromatic rings. The van der Waals surface area contributed by atoms with Crippen LogP contribution in [0.5, 0.6) is 0 Å². The van der Waals surface area contributed by atoms with Gasteiger partial charge in [0.15, 0.2) is 5.69 Å². The Balaban J connectivity index is 1.46. The van der Waals surface area contributed by atoms with Gasteiger partial charge in [-0.2, -0.15) is 5.10 Å². The van der Waals surface area contributed by atoms with Gasteiger partial charge in [0, 0.05) is 23.5 Å². The molecule has 1 aliphatic heterocycles. The van der Waals surface area contributed by atoms with Gasteiger partial charge in [-0.25, -0.2) is 4.68 Å². The number of piperidine rings is 1. The van der Waals surface area contributed by atoms with Crippen LogP contribution in [0.25, 0.3) is 10.8 Å². The third-order valence-corrected chi connectivity index (χ3v) is 6.77. The van der Waals surface area contributed by atoms with Gasteiger partial charge in [0.25, 0.3) is 11.5 Å². The second kappa shape index (κ2) is 9.20. The lowest BCUT2D eigenvalue weighted by Gasteiger charge is -2.32. The predicted octanol–water partition coefficient (Wildman–Crippen LogP) is 5.12. The zero-order valence-electron chi connectivity index (χ0n) is 18.2. The second-order valence-electron chi connectivity index (χ2n) is 8.43. The number of hydrogen-bond donors (Lipinski definition) is 0. The molecule has 1 amide bonds. The lowest BCUT2D eigenvalue weighted by atomic mass is 9.89. The van der Waals surface area contributed by atoms with Crippen molar-refractivity contribution >= 4 is 28.3 Å². The average molecular weight is 458 g/mol. The summed E-state index contributed by atoms with van der Waals surface area (Å²) in [6.07, 6.45) is 1.82. The summed E-state index contributed by atoms with van der Waals surface area (Å²) in [4.78, 5) is 28.5. The van der Waals surface area contributed by atoms with Gasteiger partial charge in [-0.1, -0.05) is 78.3 Å². The monoisotopic (exact) mass is 457 g/mol. The molecule has 6 heteroatoms. The fraction of sp³-hybridized carbons (Fsp3) is 0.222. The summed E-state index contributed by atoms with van der Waals surface area (Å²) in [7, 11) is 0. The molecule has 0 N–H and O–H groups in total. The molecule has 1 aliphatic rings. The van der Waals surface area contributed by atoms with Crippen molar-refractivity contribution in [3.8, 4) is 0 Å². The molecule has 0 atom stereocenters. The Morgan fingerprint density at radius 2 is 1.52 bits per heavy atom. The van der Waals surface area contributed by atoms with Crippen LogP contribution in [-0.4, -0.2) is 33.7 Å². The van der Waals surface area contributed by atoms with E-state index in [2.05, 4.69) is 29.4 Å². The Morgan fingerprint density at radius 1 is 0.879 bits per heavy atom. The van der Waals surface area contributed by atoms with Crippen molar-refractivity contribution < 1.29 is 4.79 Å². The molecule has 0 unspecified atom stereocenters. The molecule has 1 fully saturated rings. The first-order valence-corrected chi connectivity index (χ1v) is 11.6. The number of nitrogens with zero attached hydrogens (tertiary/aromatic N) is 3. The van der Waals surface area contributed by atoms with Crippen LogP contribution in [-0.2, 0) is 6.54 Å². The van der Waals surface area contributed by atoms with Crippen LogP contribution in [0.1, 0.15) is 40.4 Å². The van der Waals surface area contributed by atoms with Crippen LogP contribution in [0, 0.1) is 0 Å². The van der Waals surface area contributed by atoms with Crippen LogP contribution in [0.3, 0.4) is 0 Å². The molecule has 1 saturated heterocycles. The largest absolute Gasteiger partial charge is 0.337 e. The SMILES string of the molecule is O=C(c1nn(Cc2ccccc2Cl)c(=O)c2ccccc12)N1CCC(c2ccccc2)CC1. The van der Waals surface area contributed by atoms with E-state index in [1.165, 1.54) is 10.2 Å². The number of benzene rings is 3. The first-order valence-electron chi connectivity index (χ1n) is 11.2. The van der Waals surface area contributed by atoms with Crippen LogP contribution < -0.4 is 5.56 Å². The number of hydrogen-bond acceptors (Lipinski definition) is 3. The smallest absolute Gasteiger partial charge is 0.274 e. The quantitative estimate of drug-likeness (QED) is 0.427. The fourth-order valence-electron chi connectivity index (χ4n) is 4.58. The molecule has 3 aromatic carbocycles. The molecule has 5 rings (SSSR count). The van der Waals surface area contributed by atoms with Crippen LogP contribution in [0.4, 0.5) is 0 Å². The van der Waals surface area contributed by atoms with Crippen LogP contribution >= 0.6 is 11.6 Å². The van der Waals surface area contributed by atoms with Crippen molar-refractivity contribution in [2.75, 3.05) is 13.1 Å². The highest BCUT2D eigenvalue weighted by Gasteiger charge is 2.27. The first kappa shape index (κ1) is 21.4. The van der Waals surface area contributed by atoms with E-state index in [1.807, 2.05) is 41.3 Å². The fourth-order valence-corrected chi connectivity index (χ4v) is 4.77. The van der Waals surface area contributed by atoms with Gasteiger partial charge >= 0.3 is 0 Å². The number of fused-ring (bicyclic) bond motifs is 1. The molecular formula is C27H24ClN3O2. The van der Waals surface area contributed by atoms with Gasteiger partial charge in [0.05, 0.1) is 11.9 Å². The summed E-state index contributed by atoms with van der Waals surface area (Å²) >= 11 is 6.31. The van der Waals surface area contributed by atoms with E-state index in [-0.39, 0.29) is 18.0 Å². The Hall–Kier alpha value is -3.44. The zero-order chi connectivity index (χ0) is 22.8. The second-order valence-corrected chi connectivity index (χ2v) is 8.83. The van der Waals surface area contributed by atoms with Crippen molar-refractivity contribution in [1.29, 1.82) is 0 Å². The van der Waals surface area contributed by atoms with Gasteiger partial charge in [0.1, 0.15) is 0 Å². The van der Waals surface area contributed by atoms with E-state index in [0.29, 0.717) is 40.5 Å². The molecule has 33 heavy (non-hydrogen) atoms. The van der Waals surface area contributed by atoms with Gasteiger partial charge in [0.2, 0.25) is 0 Å². The summed E-state index contributed by atoms with van der Waals surface area (Å²) in [6, 6.07) is 25.0. The lowest BCUT2D eigenvalue weighted by molar-refractivity contribution is 0.0706. The third-order valence-electron chi connectivity index (χ3n) is 6.40. The van der Waals surface area contributed by atoms with E-state index < -0.39 is 0 Å². The number of rotatable bonds is 4. The van der Waals surface area contributed by atoms with Crippen molar-refractivity contribution in [2.24, 2.45) is 0 Å². The molecule has 0 bridgehead atoms. The molecule has 0 spiro atoms. The van der Waals surface area contributed by atoms with E-state index in [9.17, 15) is 9.59 Å². The maximum absolute atomic E-state index is 13.6. The van der Waals surface area contributed by atoms with Gasteiger partial charge in [-0.15, -0.1) is 0 Å². The Bertz CT molecular complexity index is 1360. The first-order chi connectivity index (χ1) is 16.1. The summed E-state index contributed by atoms with van der Waals surface area (Å²) < 4.78 is 1.35. The number of amides is 1. The number of aromatic nitrogens is 2. The molecule has 1 aromatic heterocycles. The van der Waals surface area contributed by atoms with Crippen LogP contribution in [0.2, 0.25) is 5.02 Å². The average Bonchev–Trinajstić information content (AvgIpc) is 2.87. The molecule has 166 valence electrons. The number of carbonyl (C=O) groups is 1. The Morgan fingerprint density at radius 3 is 2.24 bits per heavy atom. The summed E-state index contributed by atoms with van der Waals surface area (Å²) in [5.74, 6) is 0.319. The maximum Gasteiger partial charge on any atom is 0.274 e. The highest BCUT2D eigenvalue weighted by molar-refractivity contribution is 6.31. The van der Waals surface area contributed by atoms with Crippen molar-refractivity contribution in [3.63, 3.8) is 0 Å². The molecule has 0 saturated carbocycles. The minimum absolute atomic E-state index is 0.134. The Kier molecular flexibility index (Phi) is 5.97. The van der Waals surface area contributed by atoms with Gasteiger partial charge in [-0.3, -0.25) is 9.59 Å². The molecule has 5 nitrogen and oxygen atoms in total. The molecule has 0 aliphatic carbocycles. The van der Waals surface area contributed by atoms with Gasteiger partial charge < -0.3 is 4.90 Å². The van der Waals surface area contributed by atoms with Crippen LogP contribution in [0.15, 0.2) is 83.7 Å². The maximum atomic E-state index is 13.6. The Labute approximate surface area is 197 Å². The standard InChI is InChI=1S/C27H24ClN3O2/c28-24-13-7-4-10-21(24)18-31-26(32)23-12-6-5-11-22(23)25(29-31)27(33)30-16-14-20(15-17-30)19-8-2-1-3-9-19/h1-13,20H,14-18H2. The summed E-state index contributed by atoms with van der Waals surface area (Å²) in [6.45, 7) is 1.54. The minimum atomic E-state index is -0.232. The molecule has 2 heterocycles. The summed E-state index contributed by atoms with van der Waals surface area (Å²) in [5.41, 5.74) is 2.19. The zero-order valence-corrected chi connectivity index (χ0v) is 18.9. The number of halogens is 1. The normalized spacial score (nSPS) is 14.5. The van der Waals surface area contributed by atoms with E-state index in [4.69, 9.17) is 11.6 Å². The molecular weight excluding hydrogens is 434 g/mol. The van der Waals surface area contributed by atoms with E-state index in [1.54, 1.807) is 18.2 Å². The number of likely N-dealkylation sites (tertiary alicyclic amines) is 1. The van der Waals surface area contributed by atoms with Crippen molar-refractivity contribution in [1.82, 2.24) is 14.7 Å². The highest BCUT2D eigenvalue weighted by Crippen LogP contribution is 2.29. The van der Waals surface area contributed by atoms with Crippen molar-refractivity contribution in [2.45, 2.75) is 25.3 Å². The lowest BCUT2D eigenvalue weighted by Crippen LogP contribution is -2.39. The highest BCUT2D eigenvalue weighted by atomic mass is 35.5. The molecule has 0 radical (unpaired) electrons. The van der Waals surface area contributed by atoms with E-state index >= 15 is 0 Å². The number of carbonyl (C=O) groups excluding carboxylic acids is 1. The third kappa shape index (κ3) is 4.29. The topological polar surface area (TPSA) is 55.2 Å². The minimum Gasteiger partial charge on any atom is -0.337 e.